The molecule has 0 radical (unpaired) electrons. The van der Waals surface area contributed by atoms with Gasteiger partial charge in [0.05, 0.1) is 34.0 Å². The van der Waals surface area contributed by atoms with Crippen molar-refractivity contribution < 1.29 is 19.0 Å². The molecule has 6 rings (SSSR count). The molecule has 2 aromatic carbocycles. The van der Waals surface area contributed by atoms with Crippen LogP contribution < -0.4 is 4.90 Å². The average Bonchev–Trinajstić information content (AvgIpc) is 3.27. The molecule has 2 aliphatic rings. The molecule has 2 aliphatic heterocycles. The molecular weight excluding hydrogens is 592 g/mol. The molecule has 2 aromatic heterocycles. The highest BCUT2D eigenvalue weighted by molar-refractivity contribution is 6.30. The van der Waals surface area contributed by atoms with E-state index in [1.54, 1.807) is 67.8 Å². The zero-order valence-electron chi connectivity index (χ0n) is 23.7. The van der Waals surface area contributed by atoms with Gasteiger partial charge in [0.1, 0.15) is 5.82 Å². The number of methoxy groups -OCH3 is 1. The molecule has 1 amide bonds. The number of halogens is 3. The summed E-state index contributed by atoms with van der Waals surface area (Å²) in [5, 5.41) is 12.8. The van der Waals surface area contributed by atoms with Crippen molar-refractivity contribution in [3.05, 3.63) is 117 Å². The molecule has 0 spiro atoms. The lowest BCUT2D eigenvalue weighted by atomic mass is 9.76. The van der Waals surface area contributed by atoms with E-state index in [1.165, 1.54) is 24.3 Å². The zero-order valence-corrected chi connectivity index (χ0v) is 25.2. The third-order valence-corrected chi connectivity index (χ3v) is 9.11. The fraction of sp³-hybridized carbons (Fsp3) is 0.312. The van der Waals surface area contributed by atoms with Crippen LogP contribution in [0.15, 0.2) is 73.2 Å². The molecule has 0 saturated carbocycles. The third-order valence-electron chi connectivity index (χ3n) is 8.63. The predicted molar refractivity (Wildman–Crippen MR) is 161 cm³/mol. The van der Waals surface area contributed by atoms with Gasteiger partial charge in [0, 0.05) is 49.4 Å². The molecule has 2 atom stereocenters. The summed E-state index contributed by atoms with van der Waals surface area (Å²) >= 11 is 12.2. The van der Waals surface area contributed by atoms with Gasteiger partial charge in [-0.3, -0.25) is 14.7 Å². The van der Waals surface area contributed by atoms with Crippen molar-refractivity contribution in [3.8, 4) is 0 Å². The highest BCUT2D eigenvalue weighted by atomic mass is 35.5. The number of rotatable bonds is 7. The Morgan fingerprint density at radius 3 is 2.35 bits per heavy atom. The van der Waals surface area contributed by atoms with Gasteiger partial charge in [-0.15, -0.1) is 0 Å². The SMILES string of the molecule is CO[C@]1(c2ccc(Cl)cc2)c2c(F)cc(C(C)(O)C3CCN(c4ncccn4)CC3)cc2C(=O)N1Cc1ccc(Cl)cn1. The van der Waals surface area contributed by atoms with E-state index in [2.05, 4.69) is 19.9 Å². The van der Waals surface area contributed by atoms with Crippen LogP contribution in [0, 0.1) is 11.7 Å². The lowest BCUT2D eigenvalue weighted by Gasteiger charge is -2.40. The molecule has 43 heavy (non-hydrogen) atoms. The number of hydrogen-bond donors (Lipinski definition) is 1. The van der Waals surface area contributed by atoms with E-state index in [0.29, 0.717) is 58.7 Å². The smallest absolute Gasteiger partial charge is 0.257 e. The Balaban J connectivity index is 1.39. The first-order valence-corrected chi connectivity index (χ1v) is 14.7. The van der Waals surface area contributed by atoms with Crippen LogP contribution in [0.25, 0.3) is 0 Å². The average molecular weight is 623 g/mol. The summed E-state index contributed by atoms with van der Waals surface area (Å²) in [7, 11) is 1.44. The minimum atomic E-state index is -1.60. The second kappa shape index (κ2) is 11.5. The van der Waals surface area contributed by atoms with Gasteiger partial charge in [-0.2, -0.15) is 0 Å². The Morgan fingerprint density at radius 1 is 1.05 bits per heavy atom. The van der Waals surface area contributed by atoms with Crippen molar-refractivity contribution in [2.45, 2.75) is 37.6 Å². The maximum atomic E-state index is 16.5. The quantitative estimate of drug-likeness (QED) is 0.273. The Hall–Kier alpha value is -3.63. The van der Waals surface area contributed by atoms with Gasteiger partial charge in [0.15, 0.2) is 5.72 Å². The second-order valence-corrected chi connectivity index (χ2v) is 11.9. The molecule has 1 fully saturated rings. The minimum absolute atomic E-state index is 0.0202. The van der Waals surface area contributed by atoms with Gasteiger partial charge in [-0.1, -0.05) is 35.3 Å². The highest BCUT2D eigenvalue weighted by Gasteiger charge is 2.54. The summed E-state index contributed by atoms with van der Waals surface area (Å²) < 4.78 is 22.6. The standard InChI is InChI=1S/C32H30Cl2FN5O3/c1-31(42,20-10-14-39(15-11-20)30-36-12-3-13-37-30)22-16-26-28(27(35)17-22)32(43-2,21-4-6-23(33)7-5-21)40(29(26)41)19-25-9-8-24(34)18-38-25/h3-9,12-13,16-18,20,42H,10-11,14-15,19H2,1-2H3/t31?,32-/m1/s1. The number of fused-ring (bicyclic) bond motifs is 1. The van der Waals surface area contributed by atoms with E-state index in [-0.39, 0.29) is 23.6 Å². The van der Waals surface area contributed by atoms with Crippen molar-refractivity contribution in [3.63, 3.8) is 0 Å². The van der Waals surface area contributed by atoms with Crippen molar-refractivity contribution in [1.29, 1.82) is 0 Å². The number of carbonyl (C=O) groups excluding carboxylic acids is 1. The number of aliphatic hydroxyl groups is 1. The fourth-order valence-corrected chi connectivity index (χ4v) is 6.56. The monoisotopic (exact) mass is 621 g/mol. The van der Waals surface area contributed by atoms with E-state index in [4.69, 9.17) is 27.9 Å². The number of amides is 1. The van der Waals surface area contributed by atoms with Crippen LogP contribution in [-0.2, 0) is 22.6 Å². The molecule has 0 aliphatic carbocycles. The van der Waals surface area contributed by atoms with Crippen LogP contribution in [-0.4, -0.2) is 51.1 Å². The van der Waals surface area contributed by atoms with Crippen molar-refractivity contribution in [2.24, 2.45) is 5.92 Å². The Morgan fingerprint density at radius 2 is 1.72 bits per heavy atom. The van der Waals surface area contributed by atoms with Crippen LogP contribution in [0.3, 0.4) is 0 Å². The van der Waals surface area contributed by atoms with Gasteiger partial charge in [0.25, 0.3) is 5.91 Å². The van der Waals surface area contributed by atoms with Crippen LogP contribution in [0.4, 0.5) is 10.3 Å². The summed E-state index contributed by atoms with van der Waals surface area (Å²) in [5.41, 5.74) is -1.41. The Kier molecular flexibility index (Phi) is 7.85. The first-order valence-electron chi connectivity index (χ1n) is 14.0. The Labute approximate surface area is 259 Å². The number of nitrogens with zero attached hydrogens (tertiary/aromatic N) is 5. The summed E-state index contributed by atoms with van der Waals surface area (Å²) in [6.07, 6.45) is 6.17. The number of ether oxygens (including phenoxy) is 1. The zero-order chi connectivity index (χ0) is 30.4. The number of carbonyl (C=O) groups is 1. The molecule has 11 heteroatoms. The number of benzene rings is 2. The minimum Gasteiger partial charge on any atom is -0.385 e. The van der Waals surface area contributed by atoms with Crippen molar-refractivity contribution >= 4 is 35.1 Å². The molecule has 1 unspecified atom stereocenters. The van der Waals surface area contributed by atoms with Gasteiger partial charge in [-0.25, -0.2) is 14.4 Å². The van der Waals surface area contributed by atoms with Crippen molar-refractivity contribution in [2.75, 3.05) is 25.1 Å². The second-order valence-electron chi connectivity index (χ2n) is 11.1. The first-order chi connectivity index (χ1) is 20.6. The summed E-state index contributed by atoms with van der Waals surface area (Å²) in [6, 6.07) is 14.8. The van der Waals surface area contributed by atoms with Gasteiger partial charge >= 0.3 is 0 Å². The summed E-state index contributed by atoms with van der Waals surface area (Å²) in [4.78, 5) is 30.7. The van der Waals surface area contributed by atoms with Crippen LogP contribution in [0.5, 0.6) is 0 Å². The molecule has 0 bridgehead atoms. The van der Waals surface area contributed by atoms with Crippen LogP contribution in [0.1, 0.15) is 52.5 Å². The first kappa shape index (κ1) is 29.4. The highest BCUT2D eigenvalue weighted by Crippen LogP contribution is 2.49. The van der Waals surface area contributed by atoms with Gasteiger partial charge < -0.3 is 14.7 Å². The van der Waals surface area contributed by atoms with Crippen LogP contribution in [0.2, 0.25) is 10.0 Å². The van der Waals surface area contributed by atoms with Gasteiger partial charge in [-0.05, 0) is 73.7 Å². The fourth-order valence-electron chi connectivity index (χ4n) is 6.32. The lowest BCUT2D eigenvalue weighted by molar-refractivity contribution is -0.0886. The Bertz CT molecular complexity index is 1630. The number of pyridine rings is 1. The van der Waals surface area contributed by atoms with E-state index in [0.717, 1.165) is 0 Å². The van der Waals surface area contributed by atoms with E-state index in [9.17, 15) is 9.90 Å². The normalized spacial score (nSPS) is 20.3. The summed E-state index contributed by atoms with van der Waals surface area (Å²) in [5.74, 6) is -0.641. The third kappa shape index (κ3) is 5.14. The molecule has 222 valence electrons. The summed E-state index contributed by atoms with van der Waals surface area (Å²) in [6.45, 7) is 2.99. The number of hydrogen-bond acceptors (Lipinski definition) is 7. The predicted octanol–water partition coefficient (Wildman–Crippen LogP) is 5.95. The molecule has 4 heterocycles. The van der Waals surface area contributed by atoms with E-state index >= 15 is 4.39 Å². The maximum absolute atomic E-state index is 16.5. The lowest BCUT2D eigenvalue weighted by Crippen LogP contribution is -2.46. The molecule has 4 aromatic rings. The molecule has 8 nitrogen and oxygen atoms in total. The number of anilines is 1. The molecule has 1 N–H and O–H groups in total. The number of aromatic nitrogens is 3. The van der Waals surface area contributed by atoms with Gasteiger partial charge in [0.2, 0.25) is 5.95 Å². The largest absolute Gasteiger partial charge is 0.385 e. The maximum Gasteiger partial charge on any atom is 0.257 e. The molecule has 1 saturated heterocycles. The molecular formula is C32H30Cl2FN5O3. The van der Waals surface area contributed by atoms with Crippen molar-refractivity contribution in [1.82, 2.24) is 19.9 Å². The van der Waals surface area contributed by atoms with E-state index < -0.39 is 23.1 Å². The topological polar surface area (TPSA) is 91.7 Å². The van der Waals surface area contributed by atoms with E-state index in [1.807, 2.05) is 0 Å². The van der Waals surface area contributed by atoms with Crippen LogP contribution >= 0.6 is 23.2 Å². The number of piperidine rings is 1.